The lowest BCUT2D eigenvalue weighted by Gasteiger charge is -2.13. The van der Waals surface area contributed by atoms with Crippen molar-refractivity contribution >= 4 is 48.3 Å². The number of nitrogens with zero attached hydrogens (tertiary/aromatic N) is 1. The van der Waals surface area contributed by atoms with Gasteiger partial charge in [-0.3, -0.25) is 0 Å². The molecule has 0 saturated heterocycles. The van der Waals surface area contributed by atoms with Crippen LogP contribution in [-0.4, -0.2) is 4.98 Å². The minimum atomic E-state index is -4.43. The number of rotatable bonds is 2. The van der Waals surface area contributed by atoms with E-state index in [-0.39, 0.29) is 5.69 Å². The molecular formula is C14H8BrF3N2S. The molecule has 0 amide bonds. The Morgan fingerprint density at radius 3 is 2.57 bits per heavy atom. The Kier molecular flexibility index (Phi) is 3.62. The molecule has 0 bridgehead atoms. The van der Waals surface area contributed by atoms with Crippen molar-refractivity contribution < 1.29 is 13.2 Å². The smallest absolute Gasteiger partial charge is 0.331 e. The predicted octanol–water partition coefficient (Wildman–Crippen LogP) is 5.82. The van der Waals surface area contributed by atoms with Crippen molar-refractivity contribution in [3.05, 3.63) is 52.5 Å². The number of nitrogens with one attached hydrogen (secondary N) is 1. The second-order valence-corrected chi connectivity index (χ2v) is 6.25. The molecule has 1 N–H and O–H groups in total. The van der Waals surface area contributed by atoms with Gasteiger partial charge in [-0.15, -0.1) is 0 Å². The molecule has 2 aromatic carbocycles. The maximum Gasteiger partial charge on any atom is 0.418 e. The molecule has 0 spiro atoms. The second-order valence-electron chi connectivity index (χ2n) is 4.30. The zero-order valence-electron chi connectivity index (χ0n) is 10.4. The van der Waals surface area contributed by atoms with Crippen molar-refractivity contribution in [1.29, 1.82) is 0 Å². The number of benzene rings is 2. The number of aromatic nitrogens is 1. The summed E-state index contributed by atoms with van der Waals surface area (Å²) >= 11 is 4.38. The summed E-state index contributed by atoms with van der Waals surface area (Å²) in [5, 5.41) is 3.20. The monoisotopic (exact) mass is 372 g/mol. The molecule has 0 saturated carbocycles. The van der Waals surface area contributed by atoms with Crippen LogP contribution in [0.25, 0.3) is 10.2 Å². The summed E-state index contributed by atoms with van der Waals surface area (Å²) in [6, 6.07) is 11.4. The van der Waals surface area contributed by atoms with E-state index in [0.29, 0.717) is 9.60 Å². The first-order valence-electron chi connectivity index (χ1n) is 5.93. The molecule has 0 aliphatic rings. The van der Waals surface area contributed by atoms with E-state index >= 15 is 0 Å². The van der Waals surface area contributed by atoms with Crippen LogP contribution < -0.4 is 5.32 Å². The number of halogens is 4. The van der Waals surface area contributed by atoms with Crippen LogP contribution in [0, 0.1) is 0 Å². The van der Waals surface area contributed by atoms with Crippen molar-refractivity contribution in [2.45, 2.75) is 6.18 Å². The number of anilines is 2. The van der Waals surface area contributed by atoms with E-state index in [0.717, 1.165) is 16.3 Å². The maximum absolute atomic E-state index is 13.1. The first-order valence-corrected chi connectivity index (χ1v) is 7.54. The minimum Gasteiger partial charge on any atom is -0.331 e. The van der Waals surface area contributed by atoms with Gasteiger partial charge in [0, 0.05) is 4.47 Å². The van der Waals surface area contributed by atoms with Crippen molar-refractivity contribution in [2.24, 2.45) is 0 Å². The van der Waals surface area contributed by atoms with Gasteiger partial charge in [-0.2, -0.15) is 13.2 Å². The Bertz CT molecular complexity index is 765. The Morgan fingerprint density at radius 1 is 1.10 bits per heavy atom. The Balaban J connectivity index is 2.01. The summed E-state index contributed by atoms with van der Waals surface area (Å²) in [6.07, 6.45) is -4.43. The van der Waals surface area contributed by atoms with Crippen molar-refractivity contribution in [1.82, 2.24) is 4.98 Å². The third kappa shape index (κ3) is 3.03. The van der Waals surface area contributed by atoms with Crippen molar-refractivity contribution in [3.63, 3.8) is 0 Å². The maximum atomic E-state index is 13.1. The Labute approximate surface area is 130 Å². The van der Waals surface area contributed by atoms with Crippen molar-refractivity contribution in [2.75, 3.05) is 5.32 Å². The summed E-state index contributed by atoms with van der Waals surface area (Å²) in [6.45, 7) is 0. The van der Waals surface area contributed by atoms with E-state index in [1.807, 2.05) is 24.3 Å². The van der Waals surface area contributed by atoms with Gasteiger partial charge in [-0.05, 0) is 30.3 Å². The van der Waals surface area contributed by atoms with Gasteiger partial charge in [-0.1, -0.05) is 39.4 Å². The third-order valence-corrected chi connectivity index (χ3v) is 4.27. The fourth-order valence-corrected chi connectivity index (χ4v) is 3.14. The Hall–Kier alpha value is -1.60. The largest absolute Gasteiger partial charge is 0.418 e. The van der Waals surface area contributed by atoms with Crippen LogP contribution in [0.2, 0.25) is 0 Å². The SMILES string of the molecule is FC(F)(F)c1cc(Br)ccc1Nc1nc2ccccc2s1. The lowest BCUT2D eigenvalue weighted by molar-refractivity contribution is -0.137. The van der Waals surface area contributed by atoms with E-state index in [1.54, 1.807) is 6.07 Å². The molecule has 0 atom stereocenters. The molecule has 0 aliphatic heterocycles. The highest BCUT2D eigenvalue weighted by atomic mass is 79.9. The number of para-hydroxylation sites is 1. The van der Waals surface area contributed by atoms with Gasteiger partial charge in [-0.25, -0.2) is 4.98 Å². The Morgan fingerprint density at radius 2 is 1.86 bits per heavy atom. The highest BCUT2D eigenvalue weighted by Crippen LogP contribution is 2.38. The summed E-state index contributed by atoms with van der Waals surface area (Å²) < 4.78 is 40.5. The topological polar surface area (TPSA) is 24.9 Å². The normalized spacial score (nSPS) is 11.8. The van der Waals surface area contributed by atoms with E-state index in [1.165, 1.54) is 17.4 Å². The number of hydrogen-bond acceptors (Lipinski definition) is 3. The van der Waals surface area contributed by atoms with E-state index < -0.39 is 11.7 Å². The fourth-order valence-electron chi connectivity index (χ4n) is 1.90. The zero-order chi connectivity index (χ0) is 15.0. The quantitative estimate of drug-likeness (QED) is 0.612. The van der Waals surface area contributed by atoms with Crippen LogP contribution in [0.1, 0.15) is 5.56 Å². The molecule has 3 rings (SSSR count). The van der Waals surface area contributed by atoms with Crippen LogP contribution in [0.15, 0.2) is 46.9 Å². The zero-order valence-corrected chi connectivity index (χ0v) is 12.8. The van der Waals surface area contributed by atoms with Gasteiger partial charge < -0.3 is 5.32 Å². The van der Waals surface area contributed by atoms with Crippen LogP contribution >= 0.6 is 27.3 Å². The standard InChI is InChI=1S/C14H8BrF3N2S/c15-8-5-6-10(9(7-8)14(16,17)18)19-13-20-11-3-1-2-4-12(11)21-13/h1-7H,(H,19,20). The van der Waals surface area contributed by atoms with E-state index in [9.17, 15) is 13.2 Å². The third-order valence-electron chi connectivity index (χ3n) is 2.82. The number of hydrogen-bond donors (Lipinski definition) is 1. The average Bonchev–Trinajstić information content (AvgIpc) is 2.82. The molecule has 7 heteroatoms. The second kappa shape index (κ2) is 5.31. The summed E-state index contributed by atoms with van der Waals surface area (Å²) in [4.78, 5) is 4.28. The highest BCUT2D eigenvalue weighted by molar-refractivity contribution is 9.10. The highest BCUT2D eigenvalue weighted by Gasteiger charge is 2.34. The molecule has 0 aliphatic carbocycles. The van der Waals surface area contributed by atoms with Crippen LogP contribution in [0.4, 0.5) is 24.0 Å². The molecule has 0 unspecified atom stereocenters. The number of thiazole rings is 1. The van der Waals surface area contributed by atoms with Gasteiger partial charge in [0.05, 0.1) is 21.5 Å². The first kappa shape index (κ1) is 14.3. The van der Waals surface area contributed by atoms with E-state index in [4.69, 9.17) is 0 Å². The van der Waals surface area contributed by atoms with Gasteiger partial charge >= 0.3 is 6.18 Å². The van der Waals surface area contributed by atoms with Gasteiger partial charge in [0.15, 0.2) is 5.13 Å². The number of alkyl halides is 3. The first-order chi connectivity index (χ1) is 9.93. The fraction of sp³-hybridized carbons (Fsp3) is 0.0714. The van der Waals surface area contributed by atoms with Crippen LogP contribution in [-0.2, 0) is 6.18 Å². The minimum absolute atomic E-state index is 0.00949. The molecule has 1 heterocycles. The molecule has 108 valence electrons. The summed E-state index contributed by atoms with van der Waals surface area (Å²) in [5.41, 5.74) is 0.0246. The predicted molar refractivity (Wildman–Crippen MR) is 82.0 cm³/mol. The molecule has 3 aromatic rings. The van der Waals surface area contributed by atoms with Crippen LogP contribution in [0.5, 0.6) is 0 Å². The van der Waals surface area contributed by atoms with Crippen molar-refractivity contribution in [3.8, 4) is 0 Å². The molecule has 2 nitrogen and oxygen atoms in total. The molecule has 1 aromatic heterocycles. The molecule has 0 fully saturated rings. The molecule has 0 radical (unpaired) electrons. The summed E-state index contributed by atoms with van der Waals surface area (Å²) in [5.74, 6) is 0. The lowest BCUT2D eigenvalue weighted by atomic mass is 10.1. The molecular weight excluding hydrogens is 365 g/mol. The van der Waals surface area contributed by atoms with Gasteiger partial charge in [0.1, 0.15) is 0 Å². The summed E-state index contributed by atoms with van der Waals surface area (Å²) in [7, 11) is 0. The van der Waals surface area contributed by atoms with E-state index in [2.05, 4.69) is 26.2 Å². The van der Waals surface area contributed by atoms with Gasteiger partial charge in [0.25, 0.3) is 0 Å². The lowest BCUT2D eigenvalue weighted by Crippen LogP contribution is -2.08. The average molecular weight is 373 g/mol. The molecule has 21 heavy (non-hydrogen) atoms. The number of fused-ring (bicyclic) bond motifs is 1. The van der Waals surface area contributed by atoms with Crippen LogP contribution in [0.3, 0.4) is 0 Å². The van der Waals surface area contributed by atoms with Gasteiger partial charge in [0.2, 0.25) is 0 Å².